The Kier molecular flexibility index (Phi) is 3.80. The van der Waals surface area contributed by atoms with Crippen molar-refractivity contribution in [3.05, 3.63) is 35.1 Å². The maximum Gasteiger partial charge on any atom is 0.312 e. The molecule has 0 aromatic heterocycles. The molecule has 1 aromatic rings. The fourth-order valence-corrected chi connectivity index (χ4v) is 2.07. The first-order valence-corrected chi connectivity index (χ1v) is 6.04. The molecule has 2 rings (SSSR count). The van der Waals surface area contributed by atoms with Gasteiger partial charge < -0.3 is 15.5 Å². The molecule has 0 aliphatic carbocycles. The van der Waals surface area contributed by atoms with E-state index in [2.05, 4.69) is 0 Å². The fourth-order valence-electron chi connectivity index (χ4n) is 2.07. The van der Waals surface area contributed by atoms with Crippen molar-refractivity contribution < 1.29 is 14.0 Å². The monoisotopic (exact) mass is 265 g/mol. The number of carbonyl (C=O) groups excluding carboxylic acids is 2. The molecule has 0 bridgehead atoms. The van der Waals surface area contributed by atoms with E-state index in [-0.39, 0.29) is 18.9 Å². The molecule has 0 saturated carbocycles. The summed E-state index contributed by atoms with van der Waals surface area (Å²) >= 11 is 0. The minimum absolute atomic E-state index is 0.211. The van der Waals surface area contributed by atoms with Crippen molar-refractivity contribution in [1.29, 1.82) is 0 Å². The first-order chi connectivity index (χ1) is 9.02. The molecule has 0 spiro atoms. The van der Waals surface area contributed by atoms with Crippen molar-refractivity contribution in [2.75, 3.05) is 20.1 Å². The third kappa shape index (κ3) is 2.73. The van der Waals surface area contributed by atoms with E-state index >= 15 is 0 Å². The smallest absolute Gasteiger partial charge is 0.312 e. The van der Waals surface area contributed by atoms with Gasteiger partial charge in [-0.3, -0.25) is 9.59 Å². The average Bonchev–Trinajstić information content (AvgIpc) is 2.40. The van der Waals surface area contributed by atoms with E-state index in [0.29, 0.717) is 18.7 Å². The van der Waals surface area contributed by atoms with Crippen LogP contribution in [-0.2, 0) is 22.7 Å². The first-order valence-electron chi connectivity index (χ1n) is 6.04. The Morgan fingerprint density at radius 1 is 1.21 bits per heavy atom. The van der Waals surface area contributed by atoms with Gasteiger partial charge in [0.25, 0.3) is 0 Å². The van der Waals surface area contributed by atoms with Crippen LogP contribution in [0.3, 0.4) is 0 Å². The van der Waals surface area contributed by atoms with E-state index in [9.17, 15) is 14.0 Å². The zero-order valence-electron chi connectivity index (χ0n) is 10.7. The highest BCUT2D eigenvalue weighted by molar-refractivity contribution is 6.35. The zero-order chi connectivity index (χ0) is 14.0. The number of carbonyl (C=O) groups is 2. The van der Waals surface area contributed by atoms with Crippen LogP contribution in [0.15, 0.2) is 18.2 Å². The summed E-state index contributed by atoms with van der Waals surface area (Å²) in [6.07, 6.45) is 0. The number of rotatable bonds is 3. The number of amides is 2. The third-order valence-corrected chi connectivity index (χ3v) is 3.27. The molecule has 5 nitrogen and oxygen atoms in total. The molecule has 102 valence electrons. The van der Waals surface area contributed by atoms with Gasteiger partial charge in [0.1, 0.15) is 5.82 Å². The lowest BCUT2D eigenvalue weighted by Gasteiger charge is -2.31. The summed E-state index contributed by atoms with van der Waals surface area (Å²) in [7, 11) is 1.59. The van der Waals surface area contributed by atoms with Gasteiger partial charge in [0, 0.05) is 33.2 Å². The molecule has 1 saturated heterocycles. The molecule has 0 radical (unpaired) electrons. The average molecular weight is 265 g/mol. The Morgan fingerprint density at radius 2 is 1.95 bits per heavy atom. The standard InChI is InChI=1S/C13H16FN3O2/c1-16-4-5-17(13(19)12(16)18)8-10-6-11(14)3-2-9(10)7-15/h2-3,6H,4-5,7-8,15H2,1H3. The lowest BCUT2D eigenvalue weighted by atomic mass is 10.1. The molecule has 0 atom stereocenters. The summed E-state index contributed by atoms with van der Waals surface area (Å²) in [5.74, 6) is -1.46. The van der Waals surface area contributed by atoms with E-state index < -0.39 is 11.8 Å². The van der Waals surface area contributed by atoms with E-state index in [4.69, 9.17) is 5.73 Å². The number of piperazine rings is 1. The highest BCUT2D eigenvalue weighted by Gasteiger charge is 2.30. The quantitative estimate of drug-likeness (QED) is 0.787. The normalized spacial score (nSPS) is 16.2. The van der Waals surface area contributed by atoms with Crippen LogP contribution in [0.4, 0.5) is 4.39 Å². The van der Waals surface area contributed by atoms with Crippen molar-refractivity contribution in [3.63, 3.8) is 0 Å². The highest BCUT2D eigenvalue weighted by Crippen LogP contribution is 2.15. The summed E-state index contributed by atoms with van der Waals surface area (Å²) in [6, 6.07) is 4.30. The molecular formula is C13H16FN3O2. The van der Waals surface area contributed by atoms with Crippen LogP contribution >= 0.6 is 0 Å². The second-order valence-electron chi connectivity index (χ2n) is 4.57. The van der Waals surface area contributed by atoms with Gasteiger partial charge in [-0.1, -0.05) is 6.07 Å². The molecule has 1 aromatic carbocycles. The number of hydrogen-bond acceptors (Lipinski definition) is 3. The minimum Gasteiger partial charge on any atom is -0.336 e. The Balaban J connectivity index is 2.19. The van der Waals surface area contributed by atoms with Crippen LogP contribution in [0.2, 0.25) is 0 Å². The van der Waals surface area contributed by atoms with Crippen molar-refractivity contribution in [2.24, 2.45) is 5.73 Å². The number of likely N-dealkylation sites (N-methyl/N-ethyl adjacent to an activating group) is 1. The van der Waals surface area contributed by atoms with E-state index in [1.807, 2.05) is 0 Å². The molecule has 0 unspecified atom stereocenters. The van der Waals surface area contributed by atoms with E-state index in [0.717, 1.165) is 5.56 Å². The fraction of sp³-hybridized carbons (Fsp3) is 0.385. The highest BCUT2D eigenvalue weighted by atomic mass is 19.1. The Morgan fingerprint density at radius 3 is 2.63 bits per heavy atom. The molecule has 6 heteroatoms. The summed E-state index contributed by atoms with van der Waals surface area (Å²) < 4.78 is 13.3. The number of benzene rings is 1. The predicted octanol–water partition coefficient (Wildman–Crippen LogP) is 0.0850. The van der Waals surface area contributed by atoms with Crippen LogP contribution in [0.5, 0.6) is 0 Å². The van der Waals surface area contributed by atoms with Crippen LogP contribution in [0.25, 0.3) is 0 Å². The van der Waals surface area contributed by atoms with Gasteiger partial charge in [-0.25, -0.2) is 4.39 Å². The summed E-state index contributed by atoms with van der Waals surface area (Å²) in [6.45, 7) is 1.41. The lowest BCUT2D eigenvalue weighted by molar-refractivity contribution is -0.155. The van der Waals surface area contributed by atoms with Crippen LogP contribution in [0.1, 0.15) is 11.1 Å². The maximum absolute atomic E-state index is 13.3. The summed E-state index contributed by atoms with van der Waals surface area (Å²) in [5, 5.41) is 0. The minimum atomic E-state index is -0.555. The second-order valence-corrected chi connectivity index (χ2v) is 4.57. The molecule has 2 amide bonds. The Labute approximate surface area is 110 Å². The maximum atomic E-state index is 13.3. The van der Waals surface area contributed by atoms with Gasteiger partial charge in [0.2, 0.25) is 0 Å². The molecule has 1 fully saturated rings. The van der Waals surface area contributed by atoms with Gasteiger partial charge in [0.15, 0.2) is 0 Å². The topological polar surface area (TPSA) is 66.6 Å². The lowest BCUT2D eigenvalue weighted by Crippen LogP contribution is -2.52. The molecule has 1 heterocycles. The molecule has 19 heavy (non-hydrogen) atoms. The molecular weight excluding hydrogens is 249 g/mol. The van der Waals surface area contributed by atoms with Gasteiger partial charge in [-0.05, 0) is 23.3 Å². The van der Waals surface area contributed by atoms with Gasteiger partial charge in [-0.15, -0.1) is 0 Å². The number of nitrogens with zero attached hydrogens (tertiary/aromatic N) is 2. The van der Waals surface area contributed by atoms with Gasteiger partial charge in [-0.2, -0.15) is 0 Å². The van der Waals surface area contributed by atoms with Crippen LogP contribution in [0, 0.1) is 5.82 Å². The Bertz CT molecular complexity index is 519. The Hall–Kier alpha value is -1.95. The number of hydrogen-bond donors (Lipinski definition) is 1. The van der Waals surface area contributed by atoms with Gasteiger partial charge in [0.05, 0.1) is 0 Å². The predicted molar refractivity (Wildman–Crippen MR) is 67.3 cm³/mol. The van der Waals surface area contributed by atoms with Crippen LogP contribution < -0.4 is 5.73 Å². The largest absolute Gasteiger partial charge is 0.336 e. The number of halogens is 1. The second kappa shape index (κ2) is 5.36. The van der Waals surface area contributed by atoms with Crippen LogP contribution in [-0.4, -0.2) is 41.8 Å². The summed E-state index contributed by atoms with van der Waals surface area (Å²) in [5.41, 5.74) is 7.01. The third-order valence-electron chi connectivity index (χ3n) is 3.27. The van der Waals surface area contributed by atoms with E-state index in [1.165, 1.54) is 21.9 Å². The SMILES string of the molecule is CN1CCN(Cc2cc(F)ccc2CN)C(=O)C1=O. The van der Waals surface area contributed by atoms with Gasteiger partial charge >= 0.3 is 11.8 Å². The zero-order valence-corrected chi connectivity index (χ0v) is 10.7. The number of nitrogens with two attached hydrogens (primary N) is 1. The van der Waals surface area contributed by atoms with Crippen molar-refractivity contribution in [1.82, 2.24) is 9.80 Å². The molecule has 1 aliphatic rings. The molecule has 1 aliphatic heterocycles. The molecule has 2 N–H and O–H groups in total. The van der Waals surface area contributed by atoms with Crippen molar-refractivity contribution >= 4 is 11.8 Å². The first kappa shape index (κ1) is 13.5. The van der Waals surface area contributed by atoms with E-state index in [1.54, 1.807) is 13.1 Å². The van der Waals surface area contributed by atoms with Crippen molar-refractivity contribution in [3.8, 4) is 0 Å². The van der Waals surface area contributed by atoms with Crippen molar-refractivity contribution in [2.45, 2.75) is 13.1 Å². The summed E-state index contributed by atoms with van der Waals surface area (Å²) in [4.78, 5) is 26.2.